The number of halogens is 2. The van der Waals surface area contributed by atoms with Gasteiger partial charge in [0, 0.05) is 29.6 Å². The van der Waals surface area contributed by atoms with E-state index in [1.807, 2.05) is 0 Å². The van der Waals surface area contributed by atoms with Crippen molar-refractivity contribution in [3.05, 3.63) is 65.0 Å². The third-order valence-corrected chi connectivity index (χ3v) is 8.50. The Kier molecular flexibility index (Phi) is 6.87. The van der Waals surface area contributed by atoms with Crippen molar-refractivity contribution < 1.29 is 22.0 Å². The maximum absolute atomic E-state index is 13.5. The molecule has 6 nitrogen and oxygen atoms in total. The maximum atomic E-state index is 13.5. The van der Waals surface area contributed by atoms with Gasteiger partial charge in [0.15, 0.2) is 16.8 Å². The minimum absolute atomic E-state index is 0.000376. The standard InChI is InChI=1S/C23H23F2N3O3S2/c1-28(17-5-3-2-4-6-17)33(30,31)18-10-7-15(8-11-18)22(29)27-23-26-21(14-32-23)16-9-12-19(24)20(25)13-16/h7-14,17H,2-6H2,1H3,(H,26,27,29). The molecule has 2 aromatic carbocycles. The van der Waals surface area contributed by atoms with Gasteiger partial charge in [0.1, 0.15) is 0 Å². The summed E-state index contributed by atoms with van der Waals surface area (Å²) in [6.07, 6.45) is 4.90. The normalized spacial score (nSPS) is 15.0. The number of hydrogen-bond donors (Lipinski definition) is 1. The summed E-state index contributed by atoms with van der Waals surface area (Å²) in [7, 11) is -2.03. The summed E-state index contributed by atoms with van der Waals surface area (Å²) in [6.45, 7) is 0. The Labute approximate surface area is 195 Å². The first-order valence-electron chi connectivity index (χ1n) is 10.6. The van der Waals surface area contributed by atoms with Crippen molar-refractivity contribution in [3.8, 4) is 11.3 Å². The topological polar surface area (TPSA) is 79.4 Å². The van der Waals surface area contributed by atoms with Crippen molar-refractivity contribution in [2.45, 2.75) is 43.0 Å². The molecule has 10 heteroatoms. The molecule has 0 saturated heterocycles. The Morgan fingerprint density at radius 2 is 1.76 bits per heavy atom. The van der Waals surface area contributed by atoms with Crippen molar-refractivity contribution in [2.75, 3.05) is 12.4 Å². The average Bonchev–Trinajstić information content (AvgIpc) is 3.29. The second-order valence-electron chi connectivity index (χ2n) is 7.96. The Bertz CT molecular complexity index is 1250. The van der Waals surface area contributed by atoms with E-state index < -0.39 is 27.6 Å². The summed E-state index contributed by atoms with van der Waals surface area (Å²) in [5.41, 5.74) is 1.07. The molecule has 1 aliphatic rings. The van der Waals surface area contributed by atoms with Gasteiger partial charge in [-0.05, 0) is 55.3 Å². The highest BCUT2D eigenvalue weighted by atomic mass is 32.2. The molecule has 174 valence electrons. The molecule has 3 aromatic rings. The molecule has 1 amide bonds. The number of carbonyl (C=O) groups excluding carboxylic acids is 1. The van der Waals surface area contributed by atoms with Crippen LogP contribution in [0, 0.1) is 11.6 Å². The molecule has 1 fully saturated rings. The second kappa shape index (κ2) is 9.66. The van der Waals surface area contributed by atoms with E-state index >= 15 is 0 Å². The first-order chi connectivity index (χ1) is 15.8. The van der Waals surface area contributed by atoms with Crippen LogP contribution in [0.25, 0.3) is 11.3 Å². The van der Waals surface area contributed by atoms with Crippen molar-refractivity contribution in [1.29, 1.82) is 0 Å². The van der Waals surface area contributed by atoms with Crippen LogP contribution in [0.1, 0.15) is 42.5 Å². The molecule has 0 unspecified atom stereocenters. The number of nitrogens with one attached hydrogen (secondary N) is 1. The second-order valence-corrected chi connectivity index (χ2v) is 10.8. The number of hydrogen-bond acceptors (Lipinski definition) is 5. The van der Waals surface area contributed by atoms with Gasteiger partial charge in [0.25, 0.3) is 5.91 Å². The smallest absolute Gasteiger partial charge is 0.257 e. The van der Waals surface area contributed by atoms with E-state index in [0.29, 0.717) is 11.3 Å². The lowest BCUT2D eigenvalue weighted by atomic mass is 9.96. The predicted molar refractivity (Wildman–Crippen MR) is 124 cm³/mol. The van der Waals surface area contributed by atoms with Crippen molar-refractivity contribution in [2.24, 2.45) is 0 Å². The molecule has 1 N–H and O–H groups in total. The van der Waals surface area contributed by atoms with Crippen LogP contribution in [0.5, 0.6) is 0 Å². The Morgan fingerprint density at radius 3 is 2.42 bits per heavy atom. The van der Waals surface area contributed by atoms with Gasteiger partial charge in [-0.3, -0.25) is 10.1 Å². The lowest BCUT2D eigenvalue weighted by Crippen LogP contribution is -2.38. The number of amides is 1. The zero-order valence-electron chi connectivity index (χ0n) is 17.9. The van der Waals surface area contributed by atoms with Crippen LogP contribution in [0.2, 0.25) is 0 Å². The van der Waals surface area contributed by atoms with Gasteiger partial charge in [-0.1, -0.05) is 19.3 Å². The van der Waals surface area contributed by atoms with Crippen LogP contribution in [0.3, 0.4) is 0 Å². The maximum Gasteiger partial charge on any atom is 0.257 e. The van der Waals surface area contributed by atoms with Gasteiger partial charge >= 0.3 is 0 Å². The van der Waals surface area contributed by atoms with Gasteiger partial charge in [0.05, 0.1) is 10.6 Å². The number of rotatable bonds is 6. The molecule has 0 aliphatic heterocycles. The molecular formula is C23H23F2N3O3S2. The molecule has 0 bridgehead atoms. The van der Waals surface area contributed by atoms with Crippen molar-refractivity contribution in [1.82, 2.24) is 9.29 Å². The number of anilines is 1. The number of thiazole rings is 1. The fourth-order valence-corrected chi connectivity index (χ4v) is 6.00. The number of nitrogens with zero attached hydrogens (tertiary/aromatic N) is 2. The molecular weight excluding hydrogens is 468 g/mol. The monoisotopic (exact) mass is 491 g/mol. The summed E-state index contributed by atoms with van der Waals surface area (Å²) in [5.74, 6) is -2.38. The third-order valence-electron chi connectivity index (χ3n) is 5.82. The van der Waals surface area contributed by atoms with E-state index in [-0.39, 0.29) is 21.6 Å². The number of aromatic nitrogens is 1. The number of sulfonamides is 1. The zero-order valence-corrected chi connectivity index (χ0v) is 19.6. The van der Waals surface area contributed by atoms with E-state index in [1.54, 1.807) is 12.4 Å². The molecule has 1 aromatic heterocycles. The third kappa shape index (κ3) is 5.13. The van der Waals surface area contributed by atoms with Gasteiger partial charge < -0.3 is 0 Å². The van der Waals surface area contributed by atoms with E-state index in [0.717, 1.165) is 55.6 Å². The van der Waals surface area contributed by atoms with Crippen molar-refractivity contribution in [3.63, 3.8) is 0 Å². The molecule has 33 heavy (non-hydrogen) atoms. The summed E-state index contributed by atoms with van der Waals surface area (Å²) >= 11 is 1.14. The van der Waals surface area contributed by atoms with E-state index in [1.165, 1.54) is 34.6 Å². The fourth-order valence-electron chi connectivity index (χ4n) is 3.87. The fraction of sp³-hybridized carbons (Fsp3) is 0.304. The number of benzene rings is 2. The zero-order chi connectivity index (χ0) is 23.6. The molecule has 0 atom stereocenters. The highest BCUT2D eigenvalue weighted by Gasteiger charge is 2.29. The highest BCUT2D eigenvalue weighted by molar-refractivity contribution is 7.89. The summed E-state index contributed by atoms with van der Waals surface area (Å²) in [6, 6.07) is 9.24. The largest absolute Gasteiger partial charge is 0.298 e. The predicted octanol–water partition coefficient (Wildman–Crippen LogP) is 5.29. The SMILES string of the molecule is CN(C1CCCCC1)S(=O)(=O)c1ccc(C(=O)Nc2nc(-c3ccc(F)c(F)c3)cs2)cc1. The molecule has 4 rings (SSSR count). The minimum Gasteiger partial charge on any atom is -0.298 e. The Morgan fingerprint density at radius 1 is 1.06 bits per heavy atom. The van der Waals surface area contributed by atoms with Gasteiger partial charge in [0.2, 0.25) is 10.0 Å². The molecule has 0 spiro atoms. The van der Waals surface area contributed by atoms with Crippen LogP contribution in [-0.4, -0.2) is 36.7 Å². The first kappa shape index (κ1) is 23.5. The molecule has 1 aliphatic carbocycles. The summed E-state index contributed by atoms with van der Waals surface area (Å²) < 4.78 is 53.9. The minimum atomic E-state index is -3.64. The molecule has 1 heterocycles. The average molecular weight is 492 g/mol. The quantitative estimate of drug-likeness (QED) is 0.508. The van der Waals surface area contributed by atoms with Crippen LogP contribution >= 0.6 is 11.3 Å². The van der Waals surface area contributed by atoms with Gasteiger partial charge in [-0.2, -0.15) is 4.31 Å². The Hall–Kier alpha value is -2.69. The van der Waals surface area contributed by atoms with Gasteiger partial charge in [-0.25, -0.2) is 22.2 Å². The van der Waals surface area contributed by atoms with Crippen LogP contribution < -0.4 is 5.32 Å². The first-order valence-corrected chi connectivity index (χ1v) is 12.9. The van der Waals surface area contributed by atoms with E-state index in [9.17, 15) is 22.0 Å². The Balaban J connectivity index is 1.44. The highest BCUT2D eigenvalue weighted by Crippen LogP contribution is 2.28. The lowest BCUT2D eigenvalue weighted by Gasteiger charge is -2.30. The van der Waals surface area contributed by atoms with Gasteiger partial charge in [-0.15, -0.1) is 11.3 Å². The van der Waals surface area contributed by atoms with E-state index in [4.69, 9.17) is 0 Å². The van der Waals surface area contributed by atoms with Crippen LogP contribution in [0.15, 0.2) is 52.7 Å². The molecule has 0 radical (unpaired) electrons. The van der Waals surface area contributed by atoms with Crippen molar-refractivity contribution >= 4 is 32.4 Å². The van der Waals surface area contributed by atoms with Crippen LogP contribution in [-0.2, 0) is 10.0 Å². The summed E-state index contributed by atoms with van der Waals surface area (Å²) in [4.78, 5) is 17.0. The van der Waals surface area contributed by atoms with E-state index in [2.05, 4.69) is 10.3 Å². The number of carbonyl (C=O) groups is 1. The molecule has 1 saturated carbocycles. The summed E-state index contributed by atoms with van der Waals surface area (Å²) in [5, 5.41) is 4.56. The lowest BCUT2D eigenvalue weighted by molar-refractivity contribution is 0.102. The van der Waals surface area contributed by atoms with Crippen LogP contribution in [0.4, 0.5) is 13.9 Å².